The molecule has 0 saturated heterocycles. The number of hydrogen-bond donors (Lipinski definition) is 1. The van der Waals surface area contributed by atoms with Crippen molar-refractivity contribution in [1.29, 1.82) is 0 Å². The Morgan fingerprint density at radius 1 is 1.35 bits per heavy atom. The fourth-order valence-electron chi connectivity index (χ4n) is 2.13. The second kappa shape index (κ2) is 7.90. The van der Waals surface area contributed by atoms with Crippen molar-refractivity contribution in [2.75, 3.05) is 26.9 Å². The largest absolute Gasteiger partial charge is 0.465 e. The van der Waals surface area contributed by atoms with Gasteiger partial charge >= 0.3 is 5.97 Å². The van der Waals surface area contributed by atoms with E-state index in [2.05, 4.69) is 9.46 Å². The quantitative estimate of drug-likeness (QED) is 0.548. The molecule has 0 aliphatic heterocycles. The van der Waals surface area contributed by atoms with Crippen molar-refractivity contribution in [3.05, 3.63) is 29.3 Å². The molecule has 1 saturated carbocycles. The molecule has 0 aromatic heterocycles. The van der Waals surface area contributed by atoms with E-state index in [1.165, 1.54) is 26.0 Å². The van der Waals surface area contributed by atoms with E-state index in [1.807, 2.05) is 0 Å². The molecule has 1 aromatic rings. The number of hydrogen-bond acceptors (Lipinski definition) is 5. The number of esters is 1. The van der Waals surface area contributed by atoms with Crippen LogP contribution in [0.2, 0.25) is 0 Å². The van der Waals surface area contributed by atoms with Crippen molar-refractivity contribution >= 4 is 16.0 Å². The standard InChI is InChI=1S/C16H23NO5S/c1-12-4-7-14(16(18)21-2)10-15(12)23(19,20)17-8-3-9-22-11-13-5-6-13/h4,7,10,13,17H,3,5-6,8-9,11H2,1-2H3. The number of sulfonamides is 1. The Morgan fingerprint density at radius 3 is 2.74 bits per heavy atom. The van der Waals surface area contributed by atoms with Gasteiger partial charge in [-0.2, -0.15) is 0 Å². The molecule has 7 heteroatoms. The van der Waals surface area contributed by atoms with Gasteiger partial charge < -0.3 is 9.47 Å². The second-order valence-corrected chi connectivity index (χ2v) is 7.48. The van der Waals surface area contributed by atoms with Crippen molar-refractivity contribution < 1.29 is 22.7 Å². The van der Waals surface area contributed by atoms with Gasteiger partial charge in [0.05, 0.1) is 17.6 Å². The molecular weight excluding hydrogens is 318 g/mol. The molecule has 6 nitrogen and oxygen atoms in total. The van der Waals surface area contributed by atoms with Gasteiger partial charge in [0.15, 0.2) is 0 Å². The first kappa shape index (κ1) is 17.9. The summed E-state index contributed by atoms with van der Waals surface area (Å²) in [5.41, 5.74) is 0.793. The number of ether oxygens (including phenoxy) is 2. The maximum atomic E-state index is 12.4. The summed E-state index contributed by atoms with van der Waals surface area (Å²) in [5, 5.41) is 0. The van der Waals surface area contributed by atoms with Gasteiger partial charge in [0.25, 0.3) is 0 Å². The molecule has 1 fully saturated rings. The van der Waals surface area contributed by atoms with Crippen LogP contribution >= 0.6 is 0 Å². The van der Waals surface area contributed by atoms with Crippen LogP contribution in [0, 0.1) is 12.8 Å². The first-order valence-corrected chi connectivity index (χ1v) is 9.18. The molecule has 0 heterocycles. The minimum absolute atomic E-state index is 0.0966. The van der Waals surface area contributed by atoms with Crippen LogP contribution in [0.5, 0.6) is 0 Å². The summed E-state index contributed by atoms with van der Waals surface area (Å²) < 4.78 is 37.4. The van der Waals surface area contributed by atoms with Gasteiger partial charge in [-0.15, -0.1) is 0 Å². The van der Waals surface area contributed by atoms with Crippen LogP contribution in [0.25, 0.3) is 0 Å². The average Bonchev–Trinajstić information content (AvgIpc) is 3.34. The number of methoxy groups -OCH3 is 1. The summed E-state index contributed by atoms with van der Waals surface area (Å²) in [5.74, 6) is 0.144. The normalized spacial score (nSPS) is 14.7. The fraction of sp³-hybridized carbons (Fsp3) is 0.562. The number of aryl methyl sites for hydroxylation is 1. The zero-order chi connectivity index (χ0) is 16.9. The summed E-state index contributed by atoms with van der Waals surface area (Å²) in [6, 6.07) is 4.48. The Labute approximate surface area is 137 Å². The highest BCUT2D eigenvalue weighted by Crippen LogP contribution is 2.28. The number of rotatable bonds is 9. The predicted octanol–water partition coefficient (Wildman–Crippen LogP) is 1.88. The molecule has 0 atom stereocenters. The SMILES string of the molecule is COC(=O)c1ccc(C)c(S(=O)(=O)NCCCOCC2CC2)c1. The van der Waals surface area contributed by atoms with Crippen LogP contribution in [0.15, 0.2) is 23.1 Å². The van der Waals surface area contributed by atoms with Gasteiger partial charge in [0.2, 0.25) is 10.0 Å². The molecule has 23 heavy (non-hydrogen) atoms. The van der Waals surface area contributed by atoms with E-state index >= 15 is 0 Å². The van der Waals surface area contributed by atoms with Crippen LogP contribution in [0.4, 0.5) is 0 Å². The summed E-state index contributed by atoms with van der Waals surface area (Å²) >= 11 is 0. The van der Waals surface area contributed by atoms with Crippen molar-refractivity contribution in [2.24, 2.45) is 5.92 Å². The lowest BCUT2D eigenvalue weighted by Crippen LogP contribution is -2.26. The van der Waals surface area contributed by atoms with E-state index in [0.717, 1.165) is 6.61 Å². The minimum Gasteiger partial charge on any atom is -0.465 e. The van der Waals surface area contributed by atoms with Crippen molar-refractivity contribution in [2.45, 2.75) is 31.1 Å². The van der Waals surface area contributed by atoms with Crippen LogP contribution < -0.4 is 4.72 Å². The lowest BCUT2D eigenvalue weighted by Gasteiger charge is -2.11. The molecule has 0 unspecified atom stereocenters. The third-order valence-corrected chi connectivity index (χ3v) is 5.31. The van der Waals surface area contributed by atoms with Gasteiger partial charge in [-0.25, -0.2) is 17.9 Å². The third-order valence-electron chi connectivity index (χ3n) is 3.71. The molecule has 1 aliphatic rings. The van der Waals surface area contributed by atoms with Gasteiger partial charge in [-0.3, -0.25) is 0 Å². The van der Waals surface area contributed by atoms with Crippen molar-refractivity contribution in [3.63, 3.8) is 0 Å². The highest BCUT2D eigenvalue weighted by Gasteiger charge is 2.21. The molecule has 128 valence electrons. The van der Waals surface area contributed by atoms with E-state index in [4.69, 9.17) is 4.74 Å². The average molecular weight is 341 g/mol. The van der Waals surface area contributed by atoms with Crippen LogP contribution in [0.3, 0.4) is 0 Å². The smallest absolute Gasteiger partial charge is 0.337 e. The van der Waals surface area contributed by atoms with Crippen LogP contribution in [-0.2, 0) is 19.5 Å². The summed E-state index contributed by atoms with van der Waals surface area (Å²) in [4.78, 5) is 11.6. The monoisotopic (exact) mass is 341 g/mol. The predicted molar refractivity (Wildman–Crippen MR) is 85.9 cm³/mol. The maximum Gasteiger partial charge on any atom is 0.337 e. The number of benzene rings is 1. The Bertz CT molecular complexity index is 652. The Hall–Kier alpha value is -1.44. The van der Waals surface area contributed by atoms with Crippen molar-refractivity contribution in [1.82, 2.24) is 4.72 Å². The van der Waals surface area contributed by atoms with Crippen LogP contribution in [0.1, 0.15) is 35.2 Å². The molecule has 1 N–H and O–H groups in total. The van der Waals surface area contributed by atoms with E-state index < -0.39 is 16.0 Å². The van der Waals surface area contributed by atoms with Crippen LogP contribution in [-0.4, -0.2) is 41.3 Å². The number of carbonyl (C=O) groups is 1. The zero-order valence-electron chi connectivity index (χ0n) is 13.5. The molecule has 0 spiro atoms. The lowest BCUT2D eigenvalue weighted by molar-refractivity contribution is 0.0600. The third kappa shape index (κ3) is 5.30. The summed E-state index contributed by atoms with van der Waals surface area (Å²) in [7, 11) is -2.40. The molecule has 0 bridgehead atoms. The van der Waals surface area contributed by atoms with E-state index in [-0.39, 0.29) is 10.5 Å². The zero-order valence-corrected chi connectivity index (χ0v) is 14.3. The Balaban J connectivity index is 1.90. The second-order valence-electron chi connectivity index (χ2n) is 5.74. The van der Waals surface area contributed by atoms with Gasteiger partial charge in [0.1, 0.15) is 0 Å². The summed E-state index contributed by atoms with van der Waals surface area (Å²) in [6.45, 7) is 3.30. The molecule has 2 rings (SSSR count). The van der Waals surface area contributed by atoms with E-state index in [1.54, 1.807) is 19.1 Å². The molecule has 1 aliphatic carbocycles. The Kier molecular flexibility index (Phi) is 6.15. The van der Waals surface area contributed by atoms with Gasteiger partial charge in [-0.1, -0.05) is 6.07 Å². The first-order chi connectivity index (χ1) is 10.9. The van der Waals surface area contributed by atoms with Gasteiger partial charge in [-0.05, 0) is 49.8 Å². The lowest BCUT2D eigenvalue weighted by atomic mass is 10.1. The molecule has 0 amide bonds. The van der Waals surface area contributed by atoms with Gasteiger partial charge in [0, 0.05) is 19.8 Å². The summed E-state index contributed by atoms with van der Waals surface area (Å²) in [6.07, 6.45) is 3.09. The number of nitrogens with one attached hydrogen (secondary N) is 1. The van der Waals surface area contributed by atoms with E-state index in [9.17, 15) is 13.2 Å². The molecule has 1 aromatic carbocycles. The highest BCUT2D eigenvalue weighted by atomic mass is 32.2. The Morgan fingerprint density at radius 2 is 2.09 bits per heavy atom. The minimum atomic E-state index is -3.66. The first-order valence-electron chi connectivity index (χ1n) is 7.70. The highest BCUT2D eigenvalue weighted by molar-refractivity contribution is 7.89. The maximum absolute atomic E-state index is 12.4. The van der Waals surface area contributed by atoms with Crippen molar-refractivity contribution in [3.8, 4) is 0 Å². The molecular formula is C16H23NO5S. The van der Waals surface area contributed by atoms with E-state index in [0.29, 0.717) is 31.1 Å². The molecule has 0 radical (unpaired) electrons. The fourth-order valence-corrected chi connectivity index (χ4v) is 3.47. The number of carbonyl (C=O) groups excluding carboxylic acids is 1. The topological polar surface area (TPSA) is 81.7 Å².